The summed E-state index contributed by atoms with van der Waals surface area (Å²) in [4.78, 5) is 0. The number of hydrogen-bond donors (Lipinski definition) is 0. The van der Waals surface area contributed by atoms with Gasteiger partial charge in [-0.05, 0) is 0 Å². The Bertz CT molecular complexity index is 729. The zero-order chi connectivity index (χ0) is 14.8. The Hall–Kier alpha value is -0.740. The van der Waals surface area contributed by atoms with Crippen molar-refractivity contribution in [2.45, 2.75) is 6.92 Å². The van der Waals surface area contributed by atoms with Crippen molar-refractivity contribution >= 4 is 50.3 Å². The quantitative estimate of drug-likeness (QED) is 0.462. The summed E-state index contributed by atoms with van der Waals surface area (Å²) in [6, 6.07) is 24.4. The Morgan fingerprint density at radius 1 is 0.714 bits per heavy atom. The van der Waals surface area contributed by atoms with Crippen molar-refractivity contribution in [1.82, 2.24) is 0 Å². The Balaban J connectivity index is 2.12. The molecule has 0 aliphatic heterocycles. The van der Waals surface area contributed by atoms with Gasteiger partial charge in [-0.2, -0.15) is 0 Å². The summed E-state index contributed by atoms with van der Waals surface area (Å²) in [6.07, 6.45) is 0. The van der Waals surface area contributed by atoms with Crippen LogP contribution in [-0.4, -0.2) is 24.4 Å². The van der Waals surface area contributed by atoms with Gasteiger partial charge in [0.15, 0.2) is 0 Å². The number of hydrogen-bond acceptors (Lipinski definition) is 0. The molecule has 0 aliphatic rings. The number of benzene rings is 3. The molecule has 2 heteroatoms. The number of rotatable bonds is 2. The summed E-state index contributed by atoms with van der Waals surface area (Å²) < 4.78 is 2.70. The van der Waals surface area contributed by atoms with Crippen LogP contribution in [-0.2, 0) is 0 Å². The monoisotopic (exact) mass is 484 g/mol. The van der Waals surface area contributed by atoms with Gasteiger partial charge in [-0.25, -0.2) is 0 Å². The van der Waals surface area contributed by atoms with Gasteiger partial charge in [0.05, 0.1) is 0 Å². The molecule has 0 atom stereocenters. The molecule has 0 unspecified atom stereocenters. The molecule has 0 N–H and O–H groups in total. The maximum absolute atomic E-state index is 2.37. The Kier molecular flexibility index (Phi) is 4.75. The summed E-state index contributed by atoms with van der Waals surface area (Å²) in [5.74, 6) is 0. The van der Waals surface area contributed by atoms with Crippen LogP contribution in [0.3, 0.4) is 0 Å². The minimum atomic E-state index is 1.14. The van der Waals surface area contributed by atoms with Crippen molar-refractivity contribution in [3.8, 4) is 22.3 Å². The SMILES string of the molecule is Cc1cccc(-c2c[c]([In])cc(-c3cccc(I)c3)c2)c1. The molecule has 0 bridgehead atoms. The second-order valence-corrected chi connectivity index (χ2v) is 8.37. The molecule has 0 saturated heterocycles. The average molecular weight is 484 g/mol. The van der Waals surface area contributed by atoms with E-state index in [2.05, 4.69) is 96.2 Å². The molecule has 0 spiro atoms. The zero-order valence-electron chi connectivity index (χ0n) is 11.8. The maximum atomic E-state index is 2.37. The van der Waals surface area contributed by atoms with Gasteiger partial charge in [-0.15, -0.1) is 0 Å². The molecule has 0 aliphatic carbocycles. The van der Waals surface area contributed by atoms with Crippen LogP contribution in [0, 0.1) is 10.5 Å². The summed E-state index contributed by atoms with van der Waals surface area (Å²) in [5, 5.41) is 0. The van der Waals surface area contributed by atoms with Crippen molar-refractivity contribution in [1.29, 1.82) is 0 Å². The zero-order valence-corrected chi connectivity index (χ0v) is 17.3. The van der Waals surface area contributed by atoms with Crippen LogP contribution >= 0.6 is 22.6 Å². The summed E-state index contributed by atoms with van der Waals surface area (Å²) in [5.41, 5.74) is 6.54. The molecule has 2 radical (unpaired) electrons. The molecule has 0 saturated carbocycles. The van der Waals surface area contributed by atoms with E-state index in [1.165, 1.54) is 34.7 Å². The standard InChI is InChI=1S/C19H14I.In/c1-14-5-2-6-15(11-14)16-7-3-8-17(12-16)18-9-4-10-19(20)13-18;/h2,4-13H,1H3;. The first-order valence-electron chi connectivity index (χ1n) is 6.85. The third kappa shape index (κ3) is 3.72. The van der Waals surface area contributed by atoms with Crippen LogP contribution in [0.15, 0.2) is 66.7 Å². The summed E-state index contributed by atoms with van der Waals surface area (Å²) >= 11 is 3.51. The summed E-state index contributed by atoms with van der Waals surface area (Å²) in [7, 11) is 0. The van der Waals surface area contributed by atoms with Gasteiger partial charge in [-0.1, -0.05) is 0 Å². The van der Waals surface area contributed by atoms with E-state index in [4.69, 9.17) is 0 Å². The van der Waals surface area contributed by atoms with Crippen molar-refractivity contribution in [2.24, 2.45) is 0 Å². The molecule has 3 aromatic carbocycles. The van der Waals surface area contributed by atoms with Crippen molar-refractivity contribution < 1.29 is 0 Å². The molecule has 3 rings (SSSR count). The first-order valence-corrected chi connectivity index (χ1v) is 9.58. The Morgan fingerprint density at radius 2 is 1.33 bits per heavy atom. The van der Waals surface area contributed by atoms with Crippen LogP contribution in [0.4, 0.5) is 0 Å². The molecule has 0 amide bonds. The second kappa shape index (κ2) is 6.57. The molecule has 0 fully saturated rings. The molecule has 0 heterocycles. The molecular weight excluding hydrogens is 470 g/mol. The van der Waals surface area contributed by atoms with Gasteiger partial charge in [0.25, 0.3) is 0 Å². The van der Waals surface area contributed by atoms with E-state index in [1.54, 1.807) is 0 Å². The van der Waals surface area contributed by atoms with E-state index in [0.717, 1.165) is 24.4 Å². The second-order valence-electron chi connectivity index (χ2n) is 5.22. The molecule has 0 aromatic heterocycles. The third-order valence-electron chi connectivity index (χ3n) is 3.46. The molecule has 3 aromatic rings. The fourth-order valence-corrected chi connectivity index (χ4v) is 4.05. The van der Waals surface area contributed by atoms with E-state index in [0.29, 0.717) is 0 Å². The fourth-order valence-electron chi connectivity index (χ4n) is 2.48. The fraction of sp³-hybridized carbons (Fsp3) is 0.0526. The predicted octanol–water partition coefficient (Wildman–Crippen LogP) is 4.73. The first-order chi connectivity index (χ1) is 10.1. The van der Waals surface area contributed by atoms with Crippen LogP contribution in [0.5, 0.6) is 0 Å². The van der Waals surface area contributed by atoms with Gasteiger partial charge in [0, 0.05) is 0 Å². The van der Waals surface area contributed by atoms with Crippen LogP contribution < -0.4 is 3.32 Å². The molecule has 100 valence electrons. The molecular formula is C19H14IIn. The van der Waals surface area contributed by atoms with Crippen molar-refractivity contribution in [3.05, 3.63) is 75.9 Å². The summed E-state index contributed by atoms with van der Waals surface area (Å²) in [6.45, 7) is 2.15. The van der Waals surface area contributed by atoms with E-state index < -0.39 is 0 Å². The number of aryl methyl sites for hydroxylation is 1. The Morgan fingerprint density at radius 3 is 1.95 bits per heavy atom. The van der Waals surface area contributed by atoms with Gasteiger partial charge < -0.3 is 0 Å². The van der Waals surface area contributed by atoms with E-state index in [1.807, 2.05) is 0 Å². The van der Waals surface area contributed by atoms with Crippen LogP contribution in [0.2, 0.25) is 0 Å². The van der Waals surface area contributed by atoms with E-state index in [9.17, 15) is 0 Å². The average Bonchev–Trinajstić information content (AvgIpc) is 2.46. The van der Waals surface area contributed by atoms with Crippen molar-refractivity contribution in [2.75, 3.05) is 0 Å². The van der Waals surface area contributed by atoms with Crippen LogP contribution in [0.25, 0.3) is 22.3 Å². The van der Waals surface area contributed by atoms with Gasteiger partial charge in [0.1, 0.15) is 0 Å². The third-order valence-corrected chi connectivity index (χ3v) is 5.09. The van der Waals surface area contributed by atoms with Gasteiger partial charge in [-0.3, -0.25) is 0 Å². The minimum absolute atomic E-state index is 1.14. The topological polar surface area (TPSA) is 0 Å². The normalized spacial score (nSPS) is 10.6. The predicted molar refractivity (Wildman–Crippen MR) is 100 cm³/mol. The van der Waals surface area contributed by atoms with E-state index in [-0.39, 0.29) is 0 Å². The molecule has 21 heavy (non-hydrogen) atoms. The Labute approximate surface area is 154 Å². The van der Waals surface area contributed by atoms with Gasteiger partial charge in [0.2, 0.25) is 0 Å². The van der Waals surface area contributed by atoms with Crippen molar-refractivity contribution in [3.63, 3.8) is 0 Å². The van der Waals surface area contributed by atoms with E-state index >= 15 is 0 Å². The molecule has 0 nitrogen and oxygen atoms in total. The van der Waals surface area contributed by atoms with Crippen LogP contribution in [0.1, 0.15) is 5.56 Å². The first kappa shape index (κ1) is 15.2. The number of halogens is 1. The van der Waals surface area contributed by atoms with Gasteiger partial charge >= 0.3 is 155 Å².